The van der Waals surface area contributed by atoms with Crippen molar-refractivity contribution < 1.29 is 9.59 Å². The highest BCUT2D eigenvalue weighted by Crippen LogP contribution is 2.15. The summed E-state index contributed by atoms with van der Waals surface area (Å²) in [5.74, 6) is -0.428. The van der Waals surface area contributed by atoms with Gasteiger partial charge in [0.25, 0.3) is 5.91 Å². The second kappa shape index (κ2) is 6.04. The molecule has 0 bridgehead atoms. The van der Waals surface area contributed by atoms with Crippen LogP contribution in [0.2, 0.25) is 0 Å². The van der Waals surface area contributed by atoms with Crippen molar-refractivity contribution in [3.05, 3.63) is 11.4 Å². The Kier molecular flexibility index (Phi) is 4.70. The molecular weight excluding hydrogens is 234 g/mol. The van der Waals surface area contributed by atoms with Gasteiger partial charge in [0.1, 0.15) is 5.69 Å². The Labute approximate surface area is 106 Å². The summed E-state index contributed by atoms with van der Waals surface area (Å²) in [6, 6.07) is 0. The molecule has 1 aromatic rings. The van der Waals surface area contributed by atoms with E-state index in [-0.39, 0.29) is 24.8 Å². The van der Waals surface area contributed by atoms with Crippen molar-refractivity contribution >= 4 is 17.5 Å². The molecule has 1 rings (SSSR count). The van der Waals surface area contributed by atoms with Crippen LogP contribution < -0.4 is 16.4 Å². The Morgan fingerprint density at radius 2 is 2.11 bits per heavy atom. The lowest BCUT2D eigenvalue weighted by atomic mass is 10.3. The zero-order chi connectivity index (χ0) is 13.7. The summed E-state index contributed by atoms with van der Waals surface area (Å²) in [7, 11) is 1.55. The van der Waals surface area contributed by atoms with Crippen LogP contribution in [0, 0.1) is 6.92 Å². The van der Waals surface area contributed by atoms with Crippen LogP contribution in [0.1, 0.15) is 29.5 Å². The van der Waals surface area contributed by atoms with E-state index in [9.17, 15) is 9.59 Å². The van der Waals surface area contributed by atoms with E-state index in [1.54, 1.807) is 18.7 Å². The monoisotopic (exact) mass is 253 g/mol. The molecular formula is C11H19N5O2. The van der Waals surface area contributed by atoms with E-state index in [1.165, 1.54) is 0 Å². The number of hydrogen-bond acceptors (Lipinski definition) is 4. The number of hydrogen-bond donors (Lipinski definition) is 3. The Bertz CT molecular complexity index is 453. The zero-order valence-corrected chi connectivity index (χ0v) is 10.9. The number of rotatable bonds is 5. The number of carbonyl (C=O) groups excluding carboxylic acids is 2. The predicted octanol–water partition coefficient (Wildman–Crippen LogP) is -0.340. The second-order valence-corrected chi connectivity index (χ2v) is 3.84. The summed E-state index contributed by atoms with van der Waals surface area (Å²) in [5, 5.41) is 9.30. The third kappa shape index (κ3) is 2.99. The van der Waals surface area contributed by atoms with Gasteiger partial charge in [-0.05, 0) is 13.8 Å². The van der Waals surface area contributed by atoms with E-state index in [4.69, 9.17) is 5.73 Å². The first-order valence-corrected chi connectivity index (χ1v) is 5.82. The fourth-order valence-corrected chi connectivity index (χ4v) is 1.56. The molecule has 0 fully saturated rings. The van der Waals surface area contributed by atoms with Crippen molar-refractivity contribution in [2.45, 2.75) is 26.8 Å². The van der Waals surface area contributed by atoms with E-state index in [1.807, 2.05) is 6.92 Å². The maximum absolute atomic E-state index is 11.9. The summed E-state index contributed by atoms with van der Waals surface area (Å²) in [6.07, 6.45) is 0.237. The van der Waals surface area contributed by atoms with E-state index in [0.29, 0.717) is 23.6 Å². The molecule has 0 aliphatic rings. The minimum Gasteiger partial charge on any atom is -0.395 e. The van der Waals surface area contributed by atoms with Gasteiger partial charge in [-0.15, -0.1) is 0 Å². The molecule has 0 atom stereocenters. The van der Waals surface area contributed by atoms with Crippen LogP contribution in [0.5, 0.6) is 0 Å². The van der Waals surface area contributed by atoms with Crippen LogP contribution in [-0.2, 0) is 11.3 Å². The lowest BCUT2D eigenvalue weighted by Crippen LogP contribution is -2.31. The normalized spacial score (nSPS) is 10.2. The molecule has 0 aliphatic carbocycles. The van der Waals surface area contributed by atoms with Crippen LogP contribution in [0.15, 0.2) is 0 Å². The predicted molar refractivity (Wildman–Crippen MR) is 68.1 cm³/mol. The second-order valence-electron chi connectivity index (χ2n) is 3.84. The SMILES string of the molecule is CCn1nc(C)c(N)c1C(=O)NCCC(=O)NC. The van der Waals surface area contributed by atoms with Crippen molar-refractivity contribution in [1.29, 1.82) is 0 Å². The Hall–Kier alpha value is -2.05. The third-order valence-electron chi connectivity index (χ3n) is 2.60. The van der Waals surface area contributed by atoms with Crippen molar-refractivity contribution in [2.75, 3.05) is 19.3 Å². The highest BCUT2D eigenvalue weighted by atomic mass is 16.2. The molecule has 0 spiro atoms. The van der Waals surface area contributed by atoms with Gasteiger partial charge in [-0.1, -0.05) is 0 Å². The topological polar surface area (TPSA) is 102 Å². The maximum Gasteiger partial charge on any atom is 0.271 e. The number of carbonyl (C=O) groups is 2. The average Bonchev–Trinajstić information content (AvgIpc) is 2.64. The molecule has 0 aromatic carbocycles. The van der Waals surface area contributed by atoms with Gasteiger partial charge in [0.05, 0.1) is 11.4 Å². The fraction of sp³-hybridized carbons (Fsp3) is 0.545. The highest BCUT2D eigenvalue weighted by Gasteiger charge is 2.18. The molecule has 0 aliphatic heterocycles. The summed E-state index contributed by atoms with van der Waals surface area (Å²) < 4.78 is 1.56. The summed E-state index contributed by atoms with van der Waals surface area (Å²) in [5.41, 5.74) is 7.18. The van der Waals surface area contributed by atoms with E-state index in [0.717, 1.165) is 0 Å². The zero-order valence-electron chi connectivity index (χ0n) is 10.9. The van der Waals surface area contributed by atoms with Crippen LogP contribution in [0.25, 0.3) is 0 Å². The summed E-state index contributed by atoms with van der Waals surface area (Å²) in [6.45, 7) is 4.47. The van der Waals surface area contributed by atoms with Gasteiger partial charge < -0.3 is 16.4 Å². The molecule has 0 unspecified atom stereocenters. The first-order valence-electron chi connectivity index (χ1n) is 5.82. The Morgan fingerprint density at radius 1 is 1.44 bits per heavy atom. The van der Waals surface area contributed by atoms with E-state index >= 15 is 0 Å². The molecule has 7 heteroatoms. The van der Waals surface area contributed by atoms with Gasteiger partial charge in [0.2, 0.25) is 5.91 Å². The number of nitrogens with zero attached hydrogens (tertiary/aromatic N) is 2. The summed E-state index contributed by atoms with van der Waals surface area (Å²) in [4.78, 5) is 23.0. The van der Waals surface area contributed by atoms with Crippen LogP contribution >= 0.6 is 0 Å². The molecule has 2 amide bonds. The molecule has 7 nitrogen and oxygen atoms in total. The molecule has 0 radical (unpaired) electrons. The van der Waals surface area contributed by atoms with E-state index in [2.05, 4.69) is 15.7 Å². The van der Waals surface area contributed by atoms with Crippen molar-refractivity contribution in [1.82, 2.24) is 20.4 Å². The third-order valence-corrected chi connectivity index (χ3v) is 2.60. The van der Waals surface area contributed by atoms with Crippen molar-refractivity contribution in [3.63, 3.8) is 0 Å². The Morgan fingerprint density at radius 3 is 2.67 bits per heavy atom. The van der Waals surface area contributed by atoms with Crippen LogP contribution in [-0.4, -0.2) is 35.2 Å². The van der Waals surface area contributed by atoms with Gasteiger partial charge in [-0.25, -0.2) is 0 Å². The number of nitrogen functional groups attached to an aromatic ring is 1. The number of aryl methyl sites for hydroxylation is 2. The highest BCUT2D eigenvalue weighted by molar-refractivity contribution is 5.98. The number of nitrogens with two attached hydrogens (primary N) is 1. The largest absolute Gasteiger partial charge is 0.395 e. The van der Waals surface area contributed by atoms with Gasteiger partial charge in [-0.2, -0.15) is 5.10 Å². The standard InChI is InChI=1S/C11H19N5O2/c1-4-16-10(9(12)7(2)15-16)11(18)14-6-5-8(17)13-3/h4-6,12H2,1-3H3,(H,13,17)(H,14,18). The maximum atomic E-state index is 11.9. The minimum absolute atomic E-state index is 0.122. The average molecular weight is 253 g/mol. The molecule has 0 saturated heterocycles. The number of nitrogens with one attached hydrogen (secondary N) is 2. The van der Waals surface area contributed by atoms with Crippen molar-refractivity contribution in [2.24, 2.45) is 0 Å². The molecule has 0 saturated carbocycles. The van der Waals surface area contributed by atoms with Gasteiger partial charge in [-0.3, -0.25) is 14.3 Å². The summed E-state index contributed by atoms with van der Waals surface area (Å²) >= 11 is 0. The molecule has 4 N–H and O–H groups in total. The number of anilines is 1. The molecule has 1 heterocycles. The minimum atomic E-state index is -0.307. The lowest BCUT2D eigenvalue weighted by Gasteiger charge is -2.07. The molecule has 1 aromatic heterocycles. The van der Waals surface area contributed by atoms with Gasteiger partial charge >= 0.3 is 0 Å². The fourth-order valence-electron chi connectivity index (χ4n) is 1.56. The smallest absolute Gasteiger partial charge is 0.271 e. The van der Waals surface area contributed by atoms with E-state index < -0.39 is 0 Å². The van der Waals surface area contributed by atoms with Crippen LogP contribution in [0.3, 0.4) is 0 Å². The lowest BCUT2D eigenvalue weighted by molar-refractivity contribution is -0.120. The quantitative estimate of drug-likeness (QED) is 0.668. The number of aromatic nitrogens is 2. The Balaban J connectivity index is 2.69. The first kappa shape index (κ1) is 14.0. The number of amides is 2. The van der Waals surface area contributed by atoms with Crippen LogP contribution in [0.4, 0.5) is 5.69 Å². The van der Waals surface area contributed by atoms with Crippen molar-refractivity contribution in [3.8, 4) is 0 Å². The molecule has 100 valence electrons. The van der Waals surface area contributed by atoms with Gasteiger partial charge in [0.15, 0.2) is 0 Å². The first-order chi connectivity index (χ1) is 8.51. The van der Waals surface area contributed by atoms with Gasteiger partial charge in [0, 0.05) is 26.6 Å². The molecule has 18 heavy (non-hydrogen) atoms.